The maximum atomic E-state index is 3.72. The number of nitrogens with one attached hydrogen (secondary N) is 1. The molecule has 0 bridgehead atoms. The van der Waals surface area contributed by atoms with E-state index in [1.54, 1.807) is 38.5 Å². The molecule has 1 N–H and O–H groups in total. The van der Waals surface area contributed by atoms with Gasteiger partial charge >= 0.3 is 0 Å². The van der Waals surface area contributed by atoms with Crippen LogP contribution in [0, 0.1) is 16.7 Å². The van der Waals surface area contributed by atoms with Crippen molar-refractivity contribution in [1.29, 1.82) is 0 Å². The van der Waals surface area contributed by atoms with Crippen molar-refractivity contribution in [1.82, 2.24) is 5.32 Å². The summed E-state index contributed by atoms with van der Waals surface area (Å²) in [6.45, 7) is 8.12. The average molecular weight is 249 g/mol. The van der Waals surface area contributed by atoms with Crippen LogP contribution in [0.2, 0.25) is 0 Å². The fourth-order valence-electron chi connectivity index (χ4n) is 4.67. The number of hydrogen-bond acceptors (Lipinski definition) is 1. The normalized spacial score (nSPS) is 33.2. The Morgan fingerprint density at radius 2 is 1.56 bits per heavy atom. The summed E-state index contributed by atoms with van der Waals surface area (Å²) in [5, 5.41) is 3.72. The Bertz CT molecular complexity index is 296. The summed E-state index contributed by atoms with van der Waals surface area (Å²) in [5.74, 6) is 0.996. The molecule has 18 heavy (non-hydrogen) atoms. The van der Waals surface area contributed by atoms with Gasteiger partial charge in [0.1, 0.15) is 0 Å². The lowest BCUT2D eigenvalue weighted by Crippen LogP contribution is -2.38. The van der Waals surface area contributed by atoms with Gasteiger partial charge in [-0.1, -0.05) is 12.8 Å². The Hall–Kier alpha value is -0.0400. The van der Waals surface area contributed by atoms with Crippen LogP contribution in [0.4, 0.5) is 0 Å². The molecule has 3 fully saturated rings. The van der Waals surface area contributed by atoms with Crippen molar-refractivity contribution in [3.63, 3.8) is 0 Å². The highest BCUT2D eigenvalue weighted by Crippen LogP contribution is 2.66. The standard InChI is InChI=1S/C17H31N/c1-15(2,3)18-13-14-12-17(14)10-8-16(9-11-17)6-4-5-7-16/h14,18H,4-13H2,1-3H3. The Balaban J connectivity index is 1.49. The zero-order chi connectivity index (χ0) is 12.9. The summed E-state index contributed by atoms with van der Waals surface area (Å²) < 4.78 is 0. The highest BCUT2D eigenvalue weighted by atomic mass is 15.0. The lowest BCUT2D eigenvalue weighted by molar-refractivity contribution is 0.133. The van der Waals surface area contributed by atoms with Gasteiger partial charge in [0.15, 0.2) is 0 Å². The maximum absolute atomic E-state index is 3.72. The van der Waals surface area contributed by atoms with Gasteiger partial charge in [0.25, 0.3) is 0 Å². The molecule has 1 heteroatoms. The fourth-order valence-corrected chi connectivity index (χ4v) is 4.67. The summed E-state index contributed by atoms with van der Waals surface area (Å²) in [4.78, 5) is 0. The van der Waals surface area contributed by atoms with E-state index in [9.17, 15) is 0 Å². The van der Waals surface area contributed by atoms with Crippen LogP contribution in [0.15, 0.2) is 0 Å². The minimum atomic E-state index is 0.297. The van der Waals surface area contributed by atoms with Crippen molar-refractivity contribution in [3.05, 3.63) is 0 Å². The van der Waals surface area contributed by atoms with Crippen molar-refractivity contribution in [2.45, 2.75) is 84.1 Å². The Morgan fingerprint density at radius 3 is 2.11 bits per heavy atom. The molecule has 0 radical (unpaired) electrons. The van der Waals surface area contributed by atoms with E-state index < -0.39 is 0 Å². The molecule has 0 saturated heterocycles. The van der Waals surface area contributed by atoms with Crippen LogP contribution < -0.4 is 5.32 Å². The van der Waals surface area contributed by atoms with Gasteiger partial charge in [0.05, 0.1) is 0 Å². The third kappa shape index (κ3) is 2.48. The number of rotatable bonds is 2. The van der Waals surface area contributed by atoms with Crippen molar-refractivity contribution >= 4 is 0 Å². The monoisotopic (exact) mass is 249 g/mol. The number of hydrogen-bond donors (Lipinski definition) is 1. The molecule has 0 aromatic rings. The van der Waals surface area contributed by atoms with Gasteiger partial charge in [-0.3, -0.25) is 0 Å². The van der Waals surface area contributed by atoms with Gasteiger partial charge in [-0.25, -0.2) is 0 Å². The van der Waals surface area contributed by atoms with E-state index in [1.165, 1.54) is 25.8 Å². The van der Waals surface area contributed by atoms with E-state index >= 15 is 0 Å². The first-order chi connectivity index (χ1) is 8.43. The van der Waals surface area contributed by atoms with Gasteiger partial charge in [0, 0.05) is 5.54 Å². The molecule has 1 nitrogen and oxygen atoms in total. The second-order valence-electron chi connectivity index (χ2n) is 8.60. The molecule has 3 aliphatic carbocycles. The molecule has 0 aromatic heterocycles. The molecule has 1 atom stereocenters. The van der Waals surface area contributed by atoms with E-state index in [-0.39, 0.29) is 0 Å². The van der Waals surface area contributed by atoms with Crippen LogP contribution in [-0.2, 0) is 0 Å². The fraction of sp³-hybridized carbons (Fsp3) is 1.00. The van der Waals surface area contributed by atoms with Gasteiger partial charge in [-0.2, -0.15) is 0 Å². The Morgan fingerprint density at radius 1 is 0.944 bits per heavy atom. The summed E-state index contributed by atoms with van der Waals surface area (Å²) in [6, 6.07) is 0. The molecule has 2 spiro atoms. The van der Waals surface area contributed by atoms with Crippen LogP contribution in [0.5, 0.6) is 0 Å². The van der Waals surface area contributed by atoms with Gasteiger partial charge in [-0.05, 0) is 89.0 Å². The summed E-state index contributed by atoms with van der Waals surface area (Å²) in [7, 11) is 0. The van der Waals surface area contributed by atoms with Crippen LogP contribution in [-0.4, -0.2) is 12.1 Å². The van der Waals surface area contributed by atoms with Crippen molar-refractivity contribution in [2.75, 3.05) is 6.54 Å². The highest BCUT2D eigenvalue weighted by molar-refractivity contribution is 5.08. The molecule has 0 heterocycles. The molecule has 0 aromatic carbocycles. The van der Waals surface area contributed by atoms with E-state index in [2.05, 4.69) is 26.1 Å². The summed E-state index contributed by atoms with van der Waals surface area (Å²) in [5.41, 5.74) is 1.90. The molecular formula is C17H31N. The third-order valence-electron chi connectivity index (χ3n) is 6.21. The van der Waals surface area contributed by atoms with E-state index in [4.69, 9.17) is 0 Å². The van der Waals surface area contributed by atoms with Crippen LogP contribution in [0.3, 0.4) is 0 Å². The van der Waals surface area contributed by atoms with Crippen molar-refractivity contribution in [2.24, 2.45) is 16.7 Å². The minimum absolute atomic E-state index is 0.297. The first kappa shape index (κ1) is 13.0. The highest BCUT2D eigenvalue weighted by Gasteiger charge is 2.56. The minimum Gasteiger partial charge on any atom is -0.312 e. The zero-order valence-corrected chi connectivity index (χ0v) is 12.6. The van der Waals surface area contributed by atoms with Crippen LogP contribution in [0.1, 0.15) is 78.6 Å². The lowest BCUT2D eigenvalue weighted by Gasteiger charge is -2.38. The van der Waals surface area contributed by atoms with E-state index in [0.717, 1.165) is 16.7 Å². The largest absolute Gasteiger partial charge is 0.312 e. The SMILES string of the molecule is CC(C)(C)NCC1CC12CCC1(CCCC1)CC2. The van der Waals surface area contributed by atoms with Gasteiger partial charge < -0.3 is 5.32 Å². The second-order valence-corrected chi connectivity index (χ2v) is 8.60. The van der Waals surface area contributed by atoms with Gasteiger partial charge in [-0.15, -0.1) is 0 Å². The Labute approximate surface area is 113 Å². The van der Waals surface area contributed by atoms with Crippen LogP contribution in [0.25, 0.3) is 0 Å². The molecular weight excluding hydrogens is 218 g/mol. The lowest BCUT2D eigenvalue weighted by atomic mass is 9.67. The third-order valence-corrected chi connectivity index (χ3v) is 6.21. The van der Waals surface area contributed by atoms with E-state index in [1.807, 2.05) is 0 Å². The quantitative estimate of drug-likeness (QED) is 0.759. The molecule has 0 amide bonds. The second kappa shape index (κ2) is 4.23. The molecule has 0 aliphatic heterocycles. The first-order valence-electron chi connectivity index (χ1n) is 8.18. The first-order valence-corrected chi connectivity index (χ1v) is 8.18. The summed E-state index contributed by atoms with van der Waals surface area (Å²) >= 11 is 0. The molecule has 3 rings (SSSR count). The maximum Gasteiger partial charge on any atom is 0.00966 e. The average Bonchev–Trinajstić information content (AvgIpc) is 2.78. The predicted octanol–water partition coefficient (Wildman–Crippen LogP) is 4.52. The Kier molecular flexibility index (Phi) is 3.05. The van der Waals surface area contributed by atoms with Crippen LogP contribution >= 0.6 is 0 Å². The molecule has 1 unspecified atom stereocenters. The van der Waals surface area contributed by atoms with E-state index in [0.29, 0.717) is 5.54 Å². The smallest absolute Gasteiger partial charge is 0.00966 e. The van der Waals surface area contributed by atoms with Crippen molar-refractivity contribution < 1.29 is 0 Å². The zero-order valence-electron chi connectivity index (χ0n) is 12.6. The molecule has 3 aliphatic rings. The molecule has 104 valence electrons. The topological polar surface area (TPSA) is 12.0 Å². The van der Waals surface area contributed by atoms with Crippen molar-refractivity contribution in [3.8, 4) is 0 Å². The van der Waals surface area contributed by atoms with Gasteiger partial charge in [0.2, 0.25) is 0 Å². The molecule has 3 saturated carbocycles. The predicted molar refractivity (Wildman–Crippen MR) is 77.7 cm³/mol. The summed E-state index contributed by atoms with van der Waals surface area (Å²) in [6.07, 6.45) is 13.9.